The number of hydrogen-bond donors (Lipinski definition) is 3. The van der Waals surface area contributed by atoms with Crippen molar-refractivity contribution in [2.75, 3.05) is 32.3 Å². The van der Waals surface area contributed by atoms with E-state index >= 15 is 0 Å². The fraction of sp³-hybridized carbons (Fsp3) is 0.706. The molecule has 160 valence electrons. The van der Waals surface area contributed by atoms with Crippen molar-refractivity contribution in [3.05, 3.63) is 11.6 Å². The lowest BCUT2D eigenvalue weighted by Crippen LogP contribution is -2.37. The van der Waals surface area contributed by atoms with E-state index in [4.69, 9.17) is 25.8 Å². The number of nitrogens with zero attached hydrogens (tertiary/aromatic N) is 5. The van der Waals surface area contributed by atoms with Crippen LogP contribution in [0.3, 0.4) is 0 Å². The largest absolute Gasteiger partial charge is 0.387 e. The summed E-state index contributed by atoms with van der Waals surface area (Å²) in [7, 11) is 1.50. The van der Waals surface area contributed by atoms with Crippen LogP contribution in [-0.4, -0.2) is 86.1 Å². The van der Waals surface area contributed by atoms with Gasteiger partial charge in [-0.15, -0.1) is 0 Å². The number of methoxy groups -OCH3 is 1. The number of aromatic nitrogens is 4. The van der Waals surface area contributed by atoms with Crippen molar-refractivity contribution in [3.63, 3.8) is 0 Å². The maximum atomic E-state index is 10.5. The Morgan fingerprint density at radius 1 is 1.34 bits per heavy atom. The molecular weight excluding hydrogens is 404 g/mol. The summed E-state index contributed by atoms with van der Waals surface area (Å²) >= 11 is 6.16. The smallest absolute Gasteiger partial charge is 0.226 e. The normalized spacial score (nSPS) is 30.4. The summed E-state index contributed by atoms with van der Waals surface area (Å²) in [5.74, 6) is 0.437. The molecule has 0 bridgehead atoms. The minimum absolute atomic E-state index is 0.0235. The van der Waals surface area contributed by atoms with E-state index in [1.807, 2.05) is 11.9 Å². The molecule has 2 fully saturated rings. The van der Waals surface area contributed by atoms with Crippen molar-refractivity contribution in [2.45, 2.75) is 50.5 Å². The van der Waals surface area contributed by atoms with Gasteiger partial charge in [0.15, 0.2) is 23.2 Å². The molecule has 2 aliphatic rings. The molecule has 5 atom stereocenters. The third-order valence-electron chi connectivity index (χ3n) is 5.14. The predicted octanol–water partition coefficient (Wildman–Crippen LogP) is 0.531. The topological polar surface area (TPSA) is 127 Å². The molecule has 0 radical (unpaired) electrons. The Kier molecular flexibility index (Phi) is 6.16. The average molecular weight is 429 g/mol. The van der Waals surface area contributed by atoms with Gasteiger partial charge in [-0.3, -0.25) is 9.99 Å². The van der Waals surface area contributed by atoms with Gasteiger partial charge in [-0.05, 0) is 31.4 Å². The van der Waals surface area contributed by atoms with Gasteiger partial charge in [0.1, 0.15) is 24.5 Å². The molecule has 0 saturated carbocycles. The number of rotatable bonds is 7. The lowest BCUT2D eigenvalue weighted by atomic mass is 10.1. The summed E-state index contributed by atoms with van der Waals surface area (Å²) in [4.78, 5) is 12.9. The summed E-state index contributed by atoms with van der Waals surface area (Å²) < 4.78 is 18.1. The van der Waals surface area contributed by atoms with Gasteiger partial charge in [0.05, 0.1) is 12.9 Å². The highest BCUT2D eigenvalue weighted by molar-refractivity contribution is 6.28. The van der Waals surface area contributed by atoms with Crippen LogP contribution in [0.15, 0.2) is 6.33 Å². The Morgan fingerprint density at radius 2 is 2.17 bits per heavy atom. The molecule has 2 saturated heterocycles. The highest BCUT2D eigenvalue weighted by atomic mass is 35.5. The lowest BCUT2D eigenvalue weighted by molar-refractivity contribution is -0.0580. The van der Waals surface area contributed by atoms with Gasteiger partial charge in [0, 0.05) is 20.3 Å². The predicted molar refractivity (Wildman–Crippen MR) is 103 cm³/mol. The van der Waals surface area contributed by atoms with Crippen LogP contribution in [0.2, 0.25) is 5.28 Å². The standard InChI is InChI=1S/C17H25ClN6O5/c1-3-28-10-5-4-6-24(10)22-14-11-15(21-17(18)20-14)23(8-19-11)16-13(26)12(25)9(29-16)7-27-2/h8-10,12-13,16,25-26H,3-7H2,1-2H3,(H,20,21,22)/t9-,10+,12-,13-,16-/m1/s1. The lowest BCUT2D eigenvalue weighted by Gasteiger charge is -2.25. The van der Waals surface area contributed by atoms with Crippen molar-refractivity contribution >= 4 is 28.6 Å². The Morgan fingerprint density at radius 3 is 2.93 bits per heavy atom. The van der Waals surface area contributed by atoms with Gasteiger partial charge in [-0.25, -0.2) is 4.98 Å². The quantitative estimate of drug-likeness (QED) is 0.537. The molecule has 2 aromatic rings. The Balaban J connectivity index is 1.64. The van der Waals surface area contributed by atoms with Gasteiger partial charge in [0.25, 0.3) is 0 Å². The van der Waals surface area contributed by atoms with Crippen LogP contribution in [0.25, 0.3) is 11.2 Å². The van der Waals surface area contributed by atoms with E-state index in [-0.39, 0.29) is 18.1 Å². The van der Waals surface area contributed by atoms with Crippen molar-refractivity contribution < 1.29 is 24.4 Å². The van der Waals surface area contributed by atoms with Crippen LogP contribution in [0, 0.1) is 0 Å². The fourth-order valence-electron chi connectivity index (χ4n) is 3.78. The zero-order valence-corrected chi connectivity index (χ0v) is 17.0. The summed E-state index contributed by atoms with van der Waals surface area (Å²) in [6.07, 6.45) is -0.465. The Labute approximate surface area is 172 Å². The number of fused-ring (bicyclic) bond motifs is 1. The third-order valence-corrected chi connectivity index (χ3v) is 5.31. The molecule has 11 nitrogen and oxygen atoms in total. The van der Waals surface area contributed by atoms with Gasteiger partial charge in [-0.1, -0.05) is 0 Å². The maximum absolute atomic E-state index is 10.5. The third kappa shape index (κ3) is 3.91. The minimum atomic E-state index is -1.17. The fourth-order valence-corrected chi connectivity index (χ4v) is 3.95. The number of aliphatic hydroxyl groups excluding tert-OH is 2. The van der Waals surface area contributed by atoms with E-state index in [2.05, 4.69) is 20.4 Å². The first-order chi connectivity index (χ1) is 14.0. The second kappa shape index (κ2) is 8.64. The minimum Gasteiger partial charge on any atom is -0.387 e. The van der Waals surface area contributed by atoms with E-state index in [1.165, 1.54) is 13.4 Å². The van der Waals surface area contributed by atoms with Crippen LogP contribution in [0.4, 0.5) is 5.82 Å². The Hall–Kier alpha value is -1.60. The number of halogens is 1. The summed E-state index contributed by atoms with van der Waals surface area (Å²) in [5.41, 5.74) is 4.09. The highest BCUT2D eigenvalue weighted by Gasteiger charge is 2.44. The van der Waals surface area contributed by atoms with Crippen molar-refractivity contribution in [3.8, 4) is 0 Å². The molecule has 3 N–H and O–H groups in total. The molecule has 2 aromatic heterocycles. The zero-order chi connectivity index (χ0) is 20.5. The van der Waals surface area contributed by atoms with Crippen molar-refractivity contribution in [2.24, 2.45) is 0 Å². The SMILES string of the molecule is CCO[C@H]1CCCN1Nc1nc(Cl)nc2c1ncn2[C@@H]1O[C@H](COC)[C@@H](O)[C@H]1O. The first kappa shape index (κ1) is 20.7. The second-order valence-corrected chi connectivity index (χ2v) is 7.36. The van der Waals surface area contributed by atoms with Crippen molar-refractivity contribution in [1.82, 2.24) is 24.5 Å². The zero-order valence-electron chi connectivity index (χ0n) is 16.2. The molecule has 0 spiro atoms. The van der Waals surface area contributed by atoms with Crippen molar-refractivity contribution in [1.29, 1.82) is 0 Å². The molecule has 0 aliphatic carbocycles. The van der Waals surface area contributed by atoms with E-state index in [0.29, 0.717) is 23.6 Å². The number of aliphatic hydroxyl groups is 2. The molecular formula is C17H25ClN6O5. The van der Waals surface area contributed by atoms with E-state index in [1.54, 1.807) is 4.57 Å². The number of hydrazine groups is 1. The molecule has 0 unspecified atom stereocenters. The van der Waals surface area contributed by atoms with Gasteiger partial charge >= 0.3 is 0 Å². The molecule has 4 heterocycles. The van der Waals surface area contributed by atoms with Gasteiger partial charge in [0.2, 0.25) is 5.28 Å². The number of imidazole rings is 1. The number of nitrogens with one attached hydrogen (secondary N) is 1. The molecule has 12 heteroatoms. The molecule has 2 aliphatic heterocycles. The van der Waals surface area contributed by atoms with Crippen LogP contribution in [-0.2, 0) is 14.2 Å². The average Bonchev–Trinajstić information content (AvgIpc) is 3.37. The second-order valence-electron chi connectivity index (χ2n) is 7.02. The summed E-state index contributed by atoms with van der Waals surface area (Å²) in [6, 6.07) is 0. The number of anilines is 1. The van der Waals surface area contributed by atoms with E-state index in [9.17, 15) is 10.2 Å². The van der Waals surface area contributed by atoms with E-state index in [0.717, 1.165) is 19.4 Å². The van der Waals surface area contributed by atoms with Crippen LogP contribution in [0.1, 0.15) is 26.0 Å². The molecule has 0 amide bonds. The maximum Gasteiger partial charge on any atom is 0.226 e. The highest BCUT2D eigenvalue weighted by Crippen LogP contribution is 2.33. The molecule has 29 heavy (non-hydrogen) atoms. The number of ether oxygens (including phenoxy) is 3. The van der Waals surface area contributed by atoms with Crippen LogP contribution >= 0.6 is 11.6 Å². The van der Waals surface area contributed by atoms with Crippen LogP contribution < -0.4 is 5.43 Å². The van der Waals surface area contributed by atoms with E-state index < -0.39 is 24.5 Å². The van der Waals surface area contributed by atoms with Crippen LogP contribution in [0.5, 0.6) is 0 Å². The molecule has 0 aromatic carbocycles. The van der Waals surface area contributed by atoms with Gasteiger partial charge < -0.3 is 24.4 Å². The summed E-state index contributed by atoms with van der Waals surface area (Å²) in [6.45, 7) is 3.51. The first-order valence-corrected chi connectivity index (χ1v) is 9.96. The number of hydrogen-bond acceptors (Lipinski definition) is 10. The summed E-state index contributed by atoms with van der Waals surface area (Å²) in [5, 5.41) is 22.7. The first-order valence-electron chi connectivity index (χ1n) is 9.59. The van der Waals surface area contributed by atoms with Gasteiger partial charge in [-0.2, -0.15) is 15.0 Å². The molecule has 4 rings (SSSR count). The monoisotopic (exact) mass is 428 g/mol. The Bertz CT molecular complexity index is 853.